The van der Waals surface area contributed by atoms with Crippen molar-refractivity contribution in [2.24, 2.45) is 0 Å². The number of carboxylic acid groups (broad SMARTS) is 1. The zero-order chi connectivity index (χ0) is 12.6. The fourth-order valence-electron chi connectivity index (χ4n) is 1.37. The molecule has 0 unspecified atom stereocenters. The molecule has 0 aromatic carbocycles. The Morgan fingerprint density at radius 1 is 1.31 bits per heavy atom. The number of aliphatic carboxylic acids is 1. The molecule has 0 heterocycles. The minimum Gasteiger partial charge on any atom is -0.480 e. The number of thioether (sulfide) groups is 1. The summed E-state index contributed by atoms with van der Waals surface area (Å²) in [6.07, 6.45) is 4.33. The maximum Gasteiger partial charge on any atom is 0.323 e. The summed E-state index contributed by atoms with van der Waals surface area (Å²) in [4.78, 5) is 23.8. The van der Waals surface area contributed by atoms with Gasteiger partial charge in [0, 0.05) is 12.5 Å². The summed E-state index contributed by atoms with van der Waals surface area (Å²) in [5, 5.41) is 8.69. The van der Waals surface area contributed by atoms with Crippen LogP contribution in [-0.2, 0) is 9.59 Å². The molecule has 0 saturated carbocycles. The molecular weight excluding hydrogens is 226 g/mol. The average Bonchev–Trinajstić information content (AvgIpc) is 2.20. The van der Waals surface area contributed by atoms with E-state index < -0.39 is 5.97 Å². The third-order valence-electron chi connectivity index (χ3n) is 2.24. The Morgan fingerprint density at radius 2 is 1.94 bits per heavy atom. The molecule has 4 nitrogen and oxygen atoms in total. The van der Waals surface area contributed by atoms with E-state index in [1.807, 2.05) is 20.1 Å². The largest absolute Gasteiger partial charge is 0.480 e. The summed E-state index contributed by atoms with van der Waals surface area (Å²) in [6, 6.07) is -0.0517. The summed E-state index contributed by atoms with van der Waals surface area (Å²) >= 11 is 1.76. The Morgan fingerprint density at radius 3 is 2.38 bits per heavy atom. The van der Waals surface area contributed by atoms with Crippen LogP contribution in [-0.4, -0.2) is 46.5 Å². The highest BCUT2D eigenvalue weighted by Gasteiger charge is 2.18. The maximum absolute atomic E-state index is 11.7. The highest BCUT2D eigenvalue weighted by Crippen LogP contribution is 2.07. The molecule has 1 amide bonds. The molecule has 0 aromatic rings. The average molecular weight is 247 g/mol. The van der Waals surface area contributed by atoms with Gasteiger partial charge in [-0.2, -0.15) is 11.8 Å². The molecule has 0 fully saturated rings. The molecule has 0 aliphatic heterocycles. The van der Waals surface area contributed by atoms with Gasteiger partial charge in [0.2, 0.25) is 5.91 Å². The Balaban J connectivity index is 4.02. The summed E-state index contributed by atoms with van der Waals surface area (Å²) in [5.41, 5.74) is 0. The minimum atomic E-state index is -0.953. The van der Waals surface area contributed by atoms with E-state index in [1.54, 1.807) is 11.8 Å². The molecule has 0 spiro atoms. The van der Waals surface area contributed by atoms with Crippen LogP contribution >= 0.6 is 11.8 Å². The maximum atomic E-state index is 11.7. The fourth-order valence-corrected chi connectivity index (χ4v) is 1.86. The van der Waals surface area contributed by atoms with Crippen molar-refractivity contribution >= 4 is 23.6 Å². The Kier molecular flexibility index (Phi) is 8.07. The van der Waals surface area contributed by atoms with Crippen molar-refractivity contribution in [2.75, 3.05) is 18.6 Å². The van der Waals surface area contributed by atoms with Gasteiger partial charge < -0.3 is 10.0 Å². The highest BCUT2D eigenvalue weighted by atomic mass is 32.2. The predicted octanol–water partition coefficient (Wildman–Crippen LogP) is 1.84. The zero-order valence-corrected chi connectivity index (χ0v) is 11.0. The van der Waals surface area contributed by atoms with Crippen LogP contribution in [0.25, 0.3) is 0 Å². The molecule has 0 aliphatic rings. The van der Waals surface area contributed by atoms with Gasteiger partial charge in [0.05, 0.1) is 0 Å². The summed E-state index contributed by atoms with van der Waals surface area (Å²) in [7, 11) is 0. The van der Waals surface area contributed by atoms with Gasteiger partial charge in [-0.05, 0) is 38.7 Å². The number of hydrogen-bond donors (Lipinski definition) is 1. The van der Waals surface area contributed by atoms with Crippen LogP contribution in [0.3, 0.4) is 0 Å². The topological polar surface area (TPSA) is 57.6 Å². The van der Waals surface area contributed by atoms with E-state index >= 15 is 0 Å². The van der Waals surface area contributed by atoms with Gasteiger partial charge in [0.15, 0.2) is 0 Å². The second-order valence-electron chi connectivity index (χ2n) is 3.96. The Bertz CT molecular complexity index is 231. The lowest BCUT2D eigenvalue weighted by molar-refractivity contribution is -0.145. The quantitative estimate of drug-likeness (QED) is 0.665. The van der Waals surface area contributed by atoms with E-state index in [0.717, 1.165) is 18.6 Å². The summed E-state index contributed by atoms with van der Waals surface area (Å²) in [6.45, 7) is 3.48. The van der Waals surface area contributed by atoms with Crippen LogP contribution in [0.15, 0.2) is 0 Å². The Labute approximate surface area is 101 Å². The smallest absolute Gasteiger partial charge is 0.323 e. The van der Waals surface area contributed by atoms with Crippen LogP contribution in [0.4, 0.5) is 0 Å². The summed E-state index contributed by atoms with van der Waals surface area (Å²) < 4.78 is 0. The van der Waals surface area contributed by atoms with Gasteiger partial charge in [-0.15, -0.1) is 0 Å². The predicted molar refractivity (Wildman–Crippen MR) is 66.7 cm³/mol. The van der Waals surface area contributed by atoms with Crippen molar-refractivity contribution in [2.45, 2.75) is 39.2 Å². The van der Waals surface area contributed by atoms with E-state index in [9.17, 15) is 9.59 Å². The number of amides is 1. The van der Waals surface area contributed by atoms with E-state index in [1.165, 1.54) is 4.90 Å². The monoisotopic (exact) mass is 247 g/mol. The van der Waals surface area contributed by atoms with Crippen LogP contribution in [0, 0.1) is 0 Å². The lowest BCUT2D eigenvalue weighted by Crippen LogP contribution is -2.40. The van der Waals surface area contributed by atoms with Gasteiger partial charge in [-0.1, -0.05) is 0 Å². The number of rotatable bonds is 8. The lowest BCUT2D eigenvalue weighted by Gasteiger charge is -2.24. The third-order valence-corrected chi connectivity index (χ3v) is 2.94. The van der Waals surface area contributed by atoms with Crippen molar-refractivity contribution in [3.63, 3.8) is 0 Å². The first kappa shape index (κ1) is 15.3. The molecule has 0 saturated heterocycles. The van der Waals surface area contributed by atoms with Crippen LogP contribution in [0.1, 0.15) is 33.1 Å². The molecule has 1 N–H and O–H groups in total. The molecule has 0 aromatic heterocycles. The number of hydrogen-bond acceptors (Lipinski definition) is 3. The molecule has 5 heteroatoms. The number of carboxylic acids is 1. The first-order valence-electron chi connectivity index (χ1n) is 5.49. The first-order valence-corrected chi connectivity index (χ1v) is 6.88. The SMILES string of the molecule is CSCCCCC(=O)N(CC(=O)O)C(C)C. The standard InChI is InChI=1S/C11H21NO3S/c1-9(2)12(8-11(14)15)10(13)6-4-5-7-16-3/h9H,4-8H2,1-3H3,(H,14,15). The van der Waals surface area contributed by atoms with E-state index in [0.29, 0.717) is 6.42 Å². The fraction of sp³-hybridized carbons (Fsp3) is 0.818. The van der Waals surface area contributed by atoms with Crippen molar-refractivity contribution in [1.82, 2.24) is 4.90 Å². The number of carbonyl (C=O) groups excluding carboxylic acids is 1. The van der Waals surface area contributed by atoms with Gasteiger partial charge in [-0.25, -0.2) is 0 Å². The molecular formula is C11H21NO3S. The van der Waals surface area contributed by atoms with Crippen LogP contribution < -0.4 is 0 Å². The zero-order valence-electron chi connectivity index (χ0n) is 10.2. The van der Waals surface area contributed by atoms with Crippen molar-refractivity contribution < 1.29 is 14.7 Å². The molecule has 16 heavy (non-hydrogen) atoms. The molecule has 0 bridgehead atoms. The lowest BCUT2D eigenvalue weighted by atomic mass is 10.2. The van der Waals surface area contributed by atoms with Crippen LogP contribution in [0.5, 0.6) is 0 Å². The van der Waals surface area contributed by atoms with Crippen molar-refractivity contribution in [1.29, 1.82) is 0 Å². The van der Waals surface area contributed by atoms with E-state index in [4.69, 9.17) is 5.11 Å². The van der Waals surface area contributed by atoms with Crippen LogP contribution in [0.2, 0.25) is 0 Å². The molecule has 94 valence electrons. The van der Waals surface area contributed by atoms with Gasteiger partial charge in [0.25, 0.3) is 0 Å². The second-order valence-corrected chi connectivity index (χ2v) is 4.94. The summed E-state index contributed by atoms with van der Waals surface area (Å²) in [5.74, 6) is 0.0399. The normalized spacial score (nSPS) is 10.5. The van der Waals surface area contributed by atoms with Gasteiger partial charge in [-0.3, -0.25) is 9.59 Å². The second kappa shape index (κ2) is 8.44. The van der Waals surface area contributed by atoms with E-state index in [2.05, 4.69) is 0 Å². The number of unbranched alkanes of at least 4 members (excludes halogenated alkanes) is 1. The van der Waals surface area contributed by atoms with Crippen molar-refractivity contribution in [3.8, 4) is 0 Å². The third kappa shape index (κ3) is 6.71. The highest BCUT2D eigenvalue weighted by molar-refractivity contribution is 7.98. The number of nitrogens with zero attached hydrogens (tertiary/aromatic N) is 1. The molecule has 0 rings (SSSR count). The number of carbonyl (C=O) groups is 2. The minimum absolute atomic E-state index is 0.0517. The molecule has 0 aliphatic carbocycles. The molecule has 0 atom stereocenters. The van der Waals surface area contributed by atoms with Gasteiger partial charge in [0.1, 0.15) is 6.54 Å². The van der Waals surface area contributed by atoms with Gasteiger partial charge >= 0.3 is 5.97 Å². The molecule has 0 radical (unpaired) electrons. The van der Waals surface area contributed by atoms with Crippen molar-refractivity contribution in [3.05, 3.63) is 0 Å². The van der Waals surface area contributed by atoms with E-state index in [-0.39, 0.29) is 18.5 Å². The first-order chi connectivity index (χ1) is 7.49. The Hall–Kier alpha value is -0.710.